The monoisotopic (exact) mass is 276 g/mol. The van der Waals surface area contributed by atoms with Crippen molar-refractivity contribution in [3.05, 3.63) is 41.6 Å². The summed E-state index contributed by atoms with van der Waals surface area (Å²) >= 11 is 0. The first kappa shape index (κ1) is 15.8. The molecule has 0 aliphatic rings. The fraction of sp³-hybridized carbons (Fsp3) is 0.333. The SMILES string of the molecule is CC=C(C(=O)OC)N(C)c1cccc(C(C)=NOC)c1. The minimum absolute atomic E-state index is 0.373. The van der Waals surface area contributed by atoms with Gasteiger partial charge in [0.2, 0.25) is 0 Å². The molecule has 1 aromatic rings. The molecule has 0 saturated heterocycles. The highest BCUT2D eigenvalue weighted by atomic mass is 16.6. The number of benzene rings is 1. The normalized spacial score (nSPS) is 12.1. The lowest BCUT2D eigenvalue weighted by Gasteiger charge is -2.21. The van der Waals surface area contributed by atoms with E-state index in [-0.39, 0.29) is 5.97 Å². The number of hydrogen-bond acceptors (Lipinski definition) is 5. The highest BCUT2D eigenvalue weighted by molar-refractivity contribution is 5.99. The van der Waals surface area contributed by atoms with Crippen molar-refractivity contribution in [3.8, 4) is 0 Å². The smallest absolute Gasteiger partial charge is 0.354 e. The first-order valence-corrected chi connectivity index (χ1v) is 6.21. The summed E-state index contributed by atoms with van der Waals surface area (Å²) < 4.78 is 4.77. The molecule has 1 rings (SSSR count). The van der Waals surface area contributed by atoms with Crippen molar-refractivity contribution in [2.45, 2.75) is 13.8 Å². The van der Waals surface area contributed by atoms with Gasteiger partial charge in [-0.15, -0.1) is 0 Å². The third kappa shape index (κ3) is 3.60. The quantitative estimate of drug-likeness (QED) is 0.359. The summed E-state index contributed by atoms with van der Waals surface area (Å²) in [7, 11) is 4.69. The number of hydrogen-bond donors (Lipinski definition) is 0. The van der Waals surface area contributed by atoms with Gasteiger partial charge in [-0.05, 0) is 26.0 Å². The van der Waals surface area contributed by atoms with Crippen LogP contribution in [0.2, 0.25) is 0 Å². The lowest BCUT2D eigenvalue weighted by atomic mass is 10.1. The van der Waals surface area contributed by atoms with Gasteiger partial charge in [-0.2, -0.15) is 0 Å². The first-order valence-electron chi connectivity index (χ1n) is 6.21. The standard InChI is InChI=1S/C15H20N2O3/c1-6-14(15(18)19-4)17(3)13-9-7-8-12(10-13)11(2)16-20-5/h6-10H,1-5H3. The van der Waals surface area contributed by atoms with Crippen LogP contribution >= 0.6 is 0 Å². The molecule has 0 spiro atoms. The summed E-state index contributed by atoms with van der Waals surface area (Å²) in [4.78, 5) is 18.2. The summed E-state index contributed by atoms with van der Waals surface area (Å²) in [5.41, 5.74) is 3.04. The van der Waals surface area contributed by atoms with Crippen molar-refractivity contribution >= 4 is 17.4 Å². The molecular formula is C15H20N2O3. The Morgan fingerprint density at radius 3 is 2.60 bits per heavy atom. The van der Waals surface area contributed by atoms with E-state index >= 15 is 0 Å². The number of methoxy groups -OCH3 is 1. The van der Waals surface area contributed by atoms with Gasteiger partial charge in [-0.1, -0.05) is 23.4 Å². The van der Waals surface area contributed by atoms with Gasteiger partial charge in [0.05, 0.1) is 12.8 Å². The molecule has 20 heavy (non-hydrogen) atoms. The van der Waals surface area contributed by atoms with Crippen molar-refractivity contribution in [2.24, 2.45) is 5.16 Å². The Kier molecular flexibility index (Phi) is 5.77. The number of oxime groups is 1. The second-order valence-corrected chi connectivity index (χ2v) is 4.13. The molecule has 5 nitrogen and oxygen atoms in total. The van der Waals surface area contributed by atoms with Gasteiger partial charge in [-0.3, -0.25) is 0 Å². The lowest BCUT2D eigenvalue weighted by Crippen LogP contribution is -2.24. The maximum absolute atomic E-state index is 11.7. The second kappa shape index (κ2) is 7.33. The van der Waals surface area contributed by atoms with Gasteiger partial charge in [0.15, 0.2) is 0 Å². The van der Waals surface area contributed by atoms with E-state index in [1.807, 2.05) is 38.2 Å². The van der Waals surface area contributed by atoms with Gasteiger partial charge in [0.25, 0.3) is 0 Å². The largest absolute Gasteiger partial charge is 0.464 e. The Morgan fingerprint density at radius 1 is 1.35 bits per heavy atom. The third-order valence-electron chi connectivity index (χ3n) is 2.91. The summed E-state index contributed by atoms with van der Waals surface area (Å²) in [6.07, 6.45) is 1.72. The number of allylic oxidation sites excluding steroid dienone is 1. The molecule has 0 aliphatic heterocycles. The number of likely N-dealkylation sites (N-methyl/N-ethyl adjacent to an activating group) is 1. The van der Waals surface area contributed by atoms with Crippen LogP contribution in [0.1, 0.15) is 19.4 Å². The predicted octanol–water partition coefficient (Wildman–Crippen LogP) is 2.57. The van der Waals surface area contributed by atoms with E-state index in [0.717, 1.165) is 17.0 Å². The second-order valence-electron chi connectivity index (χ2n) is 4.13. The van der Waals surface area contributed by atoms with E-state index in [9.17, 15) is 4.79 Å². The minimum atomic E-state index is -0.373. The van der Waals surface area contributed by atoms with E-state index in [2.05, 4.69) is 5.16 Å². The van der Waals surface area contributed by atoms with Crippen molar-refractivity contribution < 1.29 is 14.4 Å². The van der Waals surface area contributed by atoms with E-state index in [4.69, 9.17) is 9.57 Å². The molecular weight excluding hydrogens is 256 g/mol. The molecule has 0 unspecified atom stereocenters. The molecule has 0 aromatic heterocycles. The van der Waals surface area contributed by atoms with E-state index in [0.29, 0.717) is 5.70 Å². The number of rotatable bonds is 5. The third-order valence-corrected chi connectivity index (χ3v) is 2.91. The summed E-state index contributed by atoms with van der Waals surface area (Å²) in [5.74, 6) is -0.373. The maximum atomic E-state index is 11.7. The van der Waals surface area contributed by atoms with E-state index in [1.165, 1.54) is 14.2 Å². The Balaban J connectivity index is 3.11. The first-order chi connectivity index (χ1) is 9.54. The van der Waals surface area contributed by atoms with Crippen LogP contribution in [0.5, 0.6) is 0 Å². The van der Waals surface area contributed by atoms with Crippen molar-refractivity contribution in [3.63, 3.8) is 0 Å². The van der Waals surface area contributed by atoms with Gasteiger partial charge in [0.1, 0.15) is 12.8 Å². The Labute approximate surface area is 119 Å². The number of carbonyl (C=O) groups is 1. The number of carbonyl (C=O) groups excluding carboxylic acids is 1. The summed E-state index contributed by atoms with van der Waals surface area (Å²) in [6, 6.07) is 7.68. The van der Waals surface area contributed by atoms with Gasteiger partial charge >= 0.3 is 5.97 Å². The fourth-order valence-corrected chi connectivity index (χ4v) is 1.82. The molecule has 0 aliphatic carbocycles. The Morgan fingerprint density at radius 2 is 2.05 bits per heavy atom. The number of ether oxygens (including phenoxy) is 1. The molecule has 0 heterocycles. The molecule has 5 heteroatoms. The molecule has 0 saturated carbocycles. The minimum Gasteiger partial charge on any atom is -0.464 e. The average Bonchev–Trinajstić information content (AvgIpc) is 2.48. The molecule has 0 amide bonds. The Hall–Kier alpha value is -2.30. The zero-order valence-corrected chi connectivity index (χ0v) is 12.5. The highest BCUT2D eigenvalue weighted by Gasteiger charge is 2.15. The topological polar surface area (TPSA) is 51.1 Å². The van der Waals surface area contributed by atoms with Crippen LogP contribution in [0.25, 0.3) is 0 Å². The van der Waals surface area contributed by atoms with Crippen molar-refractivity contribution in [1.29, 1.82) is 0 Å². The molecule has 0 fully saturated rings. The van der Waals surface area contributed by atoms with Crippen LogP contribution in [0.3, 0.4) is 0 Å². The van der Waals surface area contributed by atoms with E-state index in [1.54, 1.807) is 17.9 Å². The highest BCUT2D eigenvalue weighted by Crippen LogP contribution is 2.20. The number of anilines is 1. The molecule has 0 bridgehead atoms. The molecule has 0 atom stereocenters. The average molecular weight is 276 g/mol. The van der Waals surface area contributed by atoms with Gasteiger partial charge < -0.3 is 14.5 Å². The van der Waals surface area contributed by atoms with Crippen LogP contribution in [0.15, 0.2) is 41.2 Å². The van der Waals surface area contributed by atoms with Gasteiger partial charge in [0, 0.05) is 18.3 Å². The van der Waals surface area contributed by atoms with Crippen LogP contribution in [-0.4, -0.2) is 32.9 Å². The fourth-order valence-electron chi connectivity index (χ4n) is 1.82. The molecule has 0 N–H and O–H groups in total. The zero-order valence-electron chi connectivity index (χ0n) is 12.5. The Bertz CT molecular complexity index is 536. The summed E-state index contributed by atoms with van der Waals surface area (Å²) in [6.45, 7) is 3.66. The number of esters is 1. The zero-order chi connectivity index (χ0) is 15.1. The van der Waals surface area contributed by atoms with Crippen LogP contribution in [-0.2, 0) is 14.4 Å². The summed E-state index contributed by atoms with van der Waals surface area (Å²) in [5, 5.41) is 3.90. The van der Waals surface area contributed by atoms with Crippen molar-refractivity contribution in [1.82, 2.24) is 0 Å². The van der Waals surface area contributed by atoms with Gasteiger partial charge in [-0.25, -0.2) is 4.79 Å². The number of nitrogens with zero attached hydrogens (tertiary/aromatic N) is 2. The van der Waals surface area contributed by atoms with E-state index < -0.39 is 0 Å². The molecule has 0 radical (unpaired) electrons. The lowest BCUT2D eigenvalue weighted by molar-refractivity contribution is -0.136. The maximum Gasteiger partial charge on any atom is 0.354 e. The van der Waals surface area contributed by atoms with Crippen LogP contribution < -0.4 is 4.90 Å². The predicted molar refractivity (Wildman–Crippen MR) is 79.8 cm³/mol. The molecule has 108 valence electrons. The van der Waals surface area contributed by atoms with Crippen LogP contribution in [0.4, 0.5) is 5.69 Å². The van der Waals surface area contributed by atoms with Crippen LogP contribution in [0, 0.1) is 0 Å². The molecule has 1 aromatic carbocycles. The van der Waals surface area contributed by atoms with Crippen molar-refractivity contribution in [2.75, 3.05) is 26.2 Å².